The Labute approximate surface area is 168 Å². The molecule has 0 aliphatic carbocycles. The Bertz CT molecular complexity index is 895. The highest BCUT2D eigenvalue weighted by Crippen LogP contribution is 2.27. The lowest BCUT2D eigenvalue weighted by Gasteiger charge is -2.21. The quantitative estimate of drug-likeness (QED) is 0.746. The van der Waals surface area contributed by atoms with E-state index in [1.165, 1.54) is 0 Å². The summed E-state index contributed by atoms with van der Waals surface area (Å²) in [5.41, 5.74) is 9.10. The van der Waals surface area contributed by atoms with Crippen LogP contribution in [0.5, 0.6) is 0 Å². The third kappa shape index (κ3) is 5.31. The molecule has 0 radical (unpaired) electrons. The maximum absolute atomic E-state index is 13.1. The van der Waals surface area contributed by atoms with Gasteiger partial charge in [0.25, 0.3) is 11.5 Å². The van der Waals surface area contributed by atoms with Gasteiger partial charge in [0, 0.05) is 24.0 Å². The van der Waals surface area contributed by atoms with E-state index in [2.05, 4.69) is 52.6 Å². The lowest BCUT2D eigenvalue weighted by atomic mass is 9.94. The van der Waals surface area contributed by atoms with Gasteiger partial charge in [0.1, 0.15) is 5.56 Å². The van der Waals surface area contributed by atoms with Crippen LogP contribution in [-0.2, 0) is 19.4 Å². The highest BCUT2D eigenvalue weighted by Gasteiger charge is 2.20. The summed E-state index contributed by atoms with van der Waals surface area (Å²) in [5.74, 6) is 0.451. The van der Waals surface area contributed by atoms with E-state index in [1.54, 1.807) is 16.8 Å². The smallest absolute Gasteiger partial charge is 0.263 e. The van der Waals surface area contributed by atoms with Crippen LogP contribution in [0.1, 0.15) is 63.2 Å². The molecule has 2 N–H and O–H groups in total. The number of nitrogens with zero attached hydrogens (tertiary/aromatic N) is 2. The van der Waals surface area contributed by atoms with E-state index in [-0.39, 0.29) is 17.0 Å². The van der Waals surface area contributed by atoms with Crippen LogP contribution in [0.25, 0.3) is 11.3 Å². The zero-order valence-corrected chi connectivity index (χ0v) is 18.0. The summed E-state index contributed by atoms with van der Waals surface area (Å²) in [5, 5.41) is 0. The molecule has 2 aromatic heterocycles. The van der Waals surface area contributed by atoms with Crippen molar-refractivity contribution >= 4 is 5.91 Å². The standard InChI is InChI=1S/C23H33N3O2/c1-14(2)9-18-12-20(22(24)27)23(28)26(13-16(5)6)21(18)17-7-8-25-19(11-17)10-15(3)4/h7-8,11-12,14-16H,9-10,13H2,1-6H3,(H2,24,27). The summed E-state index contributed by atoms with van der Waals surface area (Å²) in [6.45, 7) is 13.2. The van der Waals surface area contributed by atoms with Gasteiger partial charge >= 0.3 is 0 Å². The fourth-order valence-electron chi connectivity index (χ4n) is 3.53. The SMILES string of the molecule is CC(C)Cc1cc(-c2c(CC(C)C)cc(C(N)=O)c(=O)n2CC(C)C)ccn1. The number of hydrogen-bond acceptors (Lipinski definition) is 3. The first-order valence-electron chi connectivity index (χ1n) is 10.1. The second-order valence-electron chi connectivity index (χ2n) is 8.84. The van der Waals surface area contributed by atoms with Crippen LogP contribution in [-0.4, -0.2) is 15.5 Å². The number of primary amides is 1. The number of rotatable bonds is 8. The van der Waals surface area contributed by atoms with Crippen LogP contribution in [0.15, 0.2) is 29.2 Å². The Morgan fingerprint density at radius 1 is 1.04 bits per heavy atom. The molecule has 0 aliphatic heterocycles. The maximum Gasteiger partial charge on any atom is 0.263 e. The summed E-state index contributed by atoms with van der Waals surface area (Å²) in [4.78, 5) is 29.5. The third-order valence-corrected chi connectivity index (χ3v) is 4.52. The van der Waals surface area contributed by atoms with Crippen molar-refractivity contribution < 1.29 is 4.79 Å². The molecule has 28 heavy (non-hydrogen) atoms. The van der Waals surface area contributed by atoms with Gasteiger partial charge in [-0.2, -0.15) is 0 Å². The van der Waals surface area contributed by atoms with E-state index in [1.807, 2.05) is 6.07 Å². The first-order valence-corrected chi connectivity index (χ1v) is 10.1. The minimum absolute atomic E-state index is 0.0662. The van der Waals surface area contributed by atoms with E-state index in [4.69, 9.17) is 5.73 Å². The first kappa shape index (κ1) is 21.9. The van der Waals surface area contributed by atoms with E-state index < -0.39 is 5.91 Å². The molecule has 0 spiro atoms. The van der Waals surface area contributed by atoms with Crippen molar-refractivity contribution in [3.8, 4) is 11.3 Å². The molecule has 0 saturated heterocycles. The Kier molecular flexibility index (Phi) is 7.17. The number of aromatic nitrogens is 2. The van der Waals surface area contributed by atoms with Gasteiger partial charge in [0.15, 0.2) is 0 Å². The molecule has 5 nitrogen and oxygen atoms in total. The summed E-state index contributed by atoms with van der Waals surface area (Å²) >= 11 is 0. The fourth-order valence-corrected chi connectivity index (χ4v) is 3.53. The van der Waals surface area contributed by atoms with Crippen LogP contribution < -0.4 is 11.3 Å². The highest BCUT2D eigenvalue weighted by atomic mass is 16.2. The highest BCUT2D eigenvalue weighted by molar-refractivity contribution is 5.93. The van der Waals surface area contributed by atoms with Gasteiger partial charge in [-0.05, 0) is 54.4 Å². The van der Waals surface area contributed by atoms with Crippen molar-refractivity contribution in [1.82, 2.24) is 9.55 Å². The zero-order valence-electron chi connectivity index (χ0n) is 18.0. The van der Waals surface area contributed by atoms with Crippen molar-refractivity contribution in [2.24, 2.45) is 23.5 Å². The van der Waals surface area contributed by atoms with Crippen LogP contribution in [0.3, 0.4) is 0 Å². The molecule has 152 valence electrons. The summed E-state index contributed by atoms with van der Waals surface area (Å²) < 4.78 is 1.73. The van der Waals surface area contributed by atoms with Crippen LogP contribution in [0.4, 0.5) is 0 Å². The van der Waals surface area contributed by atoms with E-state index in [0.29, 0.717) is 18.4 Å². The summed E-state index contributed by atoms with van der Waals surface area (Å²) in [6.07, 6.45) is 3.44. The van der Waals surface area contributed by atoms with Gasteiger partial charge in [-0.15, -0.1) is 0 Å². The normalized spacial score (nSPS) is 11.6. The van der Waals surface area contributed by atoms with E-state index >= 15 is 0 Å². The minimum Gasteiger partial charge on any atom is -0.365 e. The minimum atomic E-state index is -0.672. The number of carbonyl (C=O) groups excluding carboxylic acids is 1. The predicted molar refractivity (Wildman–Crippen MR) is 114 cm³/mol. The second-order valence-corrected chi connectivity index (χ2v) is 8.84. The average Bonchev–Trinajstić information content (AvgIpc) is 2.56. The van der Waals surface area contributed by atoms with E-state index in [9.17, 15) is 9.59 Å². The van der Waals surface area contributed by atoms with E-state index in [0.717, 1.165) is 35.4 Å². The molecule has 0 aromatic carbocycles. The Hall–Kier alpha value is -2.43. The average molecular weight is 384 g/mol. The fraction of sp³-hybridized carbons (Fsp3) is 0.522. The molecular weight excluding hydrogens is 350 g/mol. The van der Waals surface area contributed by atoms with Crippen molar-refractivity contribution in [3.05, 3.63) is 51.6 Å². The lowest BCUT2D eigenvalue weighted by molar-refractivity contribution is 0.0998. The number of pyridine rings is 2. The molecule has 2 rings (SSSR count). The molecular formula is C23H33N3O2. The van der Waals surface area contributed by atoms with Gasteiger partial charge in [0.05, 0.1) is 5.69 Å². The van der Waals surface area contributed by atoms with Gasteiger partial charge in [-0.25, -0.2) is 0 Å². The third-order valence-electron chi connectivity index (χ3n) is 4.52. The molecule has 2 aromatic rings. The maximum atomic E-state index is 13.1. The Morgan fingerprint density at radius 3 is 2.21 bits per heavy atom. The van der Waals surface area contributed by atoms with Gasteiger partial charge < -0.3 is 10.3 Å². The largest absolute Gasteiger partial charge is 0.365 e. The first-order chi connectivity index (χ1) is 13.1. The molecule has 0 bridgehead atoms. The lowest BCUT2D eigenvalue weighted by Crippen LogP contribution is -2.33. The zero-order chi connectivity index (χ0) is 21.0. The van der Waals surface area contributed by atoms with Gasteiger partial charge in [-0.3, -0.25) is 14.6 Å². The monoisotopic (exact) mass is 383 g/mol. The number of hydrogen-bond donors (Lipinski definition) is 1. The van der Waals surface area contributed by atoms with Crippen molar-refractivity contribution in [2.45, 2.75) is 60.9 Å². The molecule has 0 fully saturated rings. The van der Waals surface area contributed by atoms with Crippen LogP contribution >= 0.6 is 0 Å². The van der Waals surface area contributed by atoms with Gasteiger partial charge in [0.2, 0.25) is 0 Å². The Morgan fingerprint density at radius 2 is 1.68 bits per heavy atom. The topological polar surface area (TPSA) is 78.0 Å². The molecule has 2 heterocycles. The molecule has 0 aliphatic rings. The van der Waals surface area contributed by atoms with Crippen molar-refractivity contribution in [1.29, 1.82) is 0 Å². The van der Waals surface area contributed by atoms with Crippen molar-refractivity contribution in [2.75, 3.05) is 0 Å². The molecule has 5 heteroatoms. The summed E-state index contributed by atoms with van der Waals surface area (Å²) in [6, 6.07) is 5.71. The number of nitrogens with two attached hydrogens (primary N) is 1. The second kappa shape index (κ2) is 9.18. The Balaban J connectivity index is 2.80. The molecule has 1 amide bonds. The predicted octanol–water partition coefficient (Wildman–Crippen LogP) is 4.06. The molecule has 0 saturated carbocycles. The number of carbonyl (C=O) groups is 1. The van der Waals surface area contributed by atoms with Gasteiger partial charge in [-0.1, -0.05) is 41.5 Å². The number of amides is 1. The molecule has 0 unspecified atom stereocenters. The molecule has 0 atom stereocenters. The van der Waals surface area contributed by atoms with Crippen molar-refractivity contribution in [3.63, 3.8) is 0 Å². The summed E-state index contributed by atoms with van der Waals surface area (Å²) in [7, 11) is 0. The van der Waals surface area contributed by atoms with Crippen LogP contribution in [0.2, 0.25) is 0 Å². The van der Waals surface area contributed by atoms with Crippen LogP contribution in [0, 0.1) is 17.8 Å².